The lowest BCUT2D eigenvalue weighted by atomic mass is 9.84. The second-order valence-corrected chi connectivity index (χ2v) is 8.81. The van der Waals surface area contributed by atoms with E-state index in [9.17, 15) is 18.0 Å². The van der Waals surface area contributed by atoms with Gasteiger partial charge in [-0.15, -0.1) is 0 Å². The van der Waals surface area contributed by atoms with Crippen molar-refractivity contribution in [3.63, 3.8) is 0 Å². The van der Waals surface area contributed by atoms with Gasteiger partial charge >= 0.3 is 0 Å². The highest BCUT2D eigenvalue weighted by Gasteiger charge is 2.34. The lowest BCUT2D eigenvalue weighted by Crippen LogP contribution is -2.30. The number of hydrogen-bond donors (Lipinski definition) is 1. The van der Waals surface area contributed by atoms with Crippen LogP contribution in [0.15, 0.2) is 71.6 Å². The zero-order chi connectivity index (χ0) is 22.0. The van der Waals surface area contributed by atoms with Crippen LogP contribution < -0.4 is 9.46 Å². The first-order valence-electron chi connectivity index (χ1n) is 9.96. The minimum atomic E-state index is -4.02. The molecular weight excluding hydrogens is 414 g/mol. The standard InChI is InChI=1S/C24H21NO5S/c1-2-30-20-12-6-3-8-16(20)14-15-25-31(28,29)21-13-7-11-19-22(21)24(27)18-10-5-4-9-17(18)23(19)26/h3-13,25H,2,14-15H2,1H3. The fourth-order valence-electron chi connectivity index (χ4n) is 3.74. The van der Waals surface area contributed by atoms with Crippen molar-refractivity contribution in [1.82, 2.24) is 4.72 Å². The number of carbonyl (C=O) groups excluding carboxylic acids is 2. The van der Waals surface area contributed by atoms with Gasteiger partial charge in [0.2, 0.25) is 10.0 Å². The normalized spacial score (nSPS) is 12.9. The van der Waals surface area contributed by atoms with Gasteiger partial charge in [-0.2, -0.15) is 0 Å². The smallest absolute Gasteiger partial charge is 0.241 e. The molecule has 0 saturated heterocycles. The molecule has 0 heterocycles. The van der Waals surface area contributed by atoms with Crippen LogP contribution >= 0.6 is 0 Å². The summed E-state index contributed by atoms with van der Waals surface area (Å²) in [6.07, 6.45) is 0.417. The average Bonchev–Trinajstić information content (AvgIpc) is 2.78. The summed E-state index contributed by atoms with van der Waals surface area (Å²) in [6.45, 7) is 2.51. The molecule has 3 aromatic carbocycles. The zero-order valence-corrected chi connectivity index (χ0v) is 17.7. The molecule has 3 aromatic rings. The van der Waals surface area contributed by atoms with Crippen LogP contribution in [-0.2, 0) is 16.4 Å². The maximum atomic E-state index is 13.1. The third-order valence-electron chi connectivity index (χ3n) is 5.16. The van der Waals surface area contributed by atoms with Gasteiger partial charge in [-0.05, 0) is 31.0 Å². The number of carbonyl (C=O) groups is 2. The molecule has 1 aliphatic rings. The van der Waals surface area contributed by atoms with Crippen LogP contribution in [0.25, 0.3) is 0 Å². The molecule has 0 unspecified atom stereocenters. The Labute approximate surface area is 180 Å². The molecule has 158 valence electrons. The quantitative estimate of drug-likeness (QED) is 0.481. The minimum Gasteiger partial charge on any atom is -0.494 e. The second-order valence-electron chi connectivity index (χ2n) is 7.07. The Hall–Kier alpha value is -3.29. The Balaban J connectivity index is 1.62. The van der Waals surface area contributed by atoms with E-state index in [4.69, 9.17) is 4.74 Å². The molecule has 0 aliphatic heterocycles. The van der Waals surface area contributed by atoms with Crippen molar-refractivity contribution in [2.45, 2.75) is 18.2 Å². The van der Waals surface area contributed by atoms with Gasteiger partial charge in [0.05, 0.1) is 17.1 Å². The highest BCUT2D eigenvalue weighted by Crippen LogP contribution is 2.31. The predicted molar refractivity (Wildman–Crippen MR) is 116 cm³/mol. The molecule has 0 fully saturated rings. The van der Waals surface area contributed by atoms with E-state index >= 15 is 0 Å². The lowest BCUT2D eigenvalue weighted by molar-refractivity contribution is 0.0976. The Morgan fingerprint density at radius 1 is 0.806 bits per heavy atom. The van der Waals surface area contributed by atoms with Gasteiger partial charge in [-0.1, -0.05) is 54.6 Å². The van der Waals surface area contributed by atoms with Crippen molar-refractivity contribution in [3.05, 3.63) is 94.5 Å². The zero-order valence-electron chi connectivity index (χ0n) is 16.9. The monoisotopic (exact) mass is 435 g/mol. The molecule has 0 bridgehead atoms. The SMILES string of the molecule is CCOc1ccccc1CCNS(=O)(=O)c1cccc2c1C(=O)c1ccccc1C2=O. The third kappa shape index (κ3) is 3.89. The Morgan fingerprint density at radius 2 is 1.45 bits per heavy atom. The van der Waals surface area contributed by atoms with Gasteiger partial charge in [0.15, 0.2) is 11.6 Å². The molecule has 6 nitrogen and oxygen atoms in total. The van der Waals surface area contributed by atoms with E-state index in [2.05, 4.69) is 4.72 Å². The van der Waals surface area contributed by atoms with E-state index < -0.39 is 15.8 Å². The van der Waals surface area contributed by atoms with Gasteiger partial charge in [0.1, 0.15) is 5.75 Å². The first-order valence-corrected chi connectivity index (χ1v) is 11.4. The largest absolute Gasteiger partial charge is 0.494 e. The van der Waals surface area contributed by atoms with Crippen LogP contribution in [-0.4, -0.2) is 33.1 Å². The van der Waals surface area contributed by atoms with E-state index in [1.807, 2.05) is 31.2 Å². The van der Waals surface area contributed by atoms with Gasteiger partial charge < -0.3 is 4.74 Å². The van der Waals surface area contributed by atoms with E-state index in [1.54, 1.807) is 24.3 Å². The first-order chi connectivity index (χ1) is 14.9. The lowest BCUT2D eigenvalue weighted by Gasteiger charge is -2.20. The molecule has 0 atom stereocenters. The highest BCUT2D eigenvalue weighted by molar-refractivity contribution is 7.89. The summed E-state index contributed by atoms with van der Waals surface area (Å²) in [4.78, 5) is 25.7. The van der Waals surface area contributed by atoms with E-state index in [-0.39, 0.29) is 39.5 Å². The molecule has 4 rings (SSSR count). The number of sulfonamides is 1. The van der Waals surface area contributed by atoms with Crippen LogP contribution in [0.1, 0.15) is 44.3 Å². The molecule has 1 aliphatic carbocycles. The maximum Gasteiger partial charge on any atom is 0.241 e. The first kappa shape index (κ1) is 21.0. The van der Waals surface area contributed by atoms with Crippen molar-refractivity contribution in [3.8, 4) is 5.75 Å². The van der Waals surface area contributed by atoms with Gasteiger partial charge in [0.25, 0.3) is 0 Å². The van der Waals surface area contributed by atoms with Crippen molar-refractivity contribution in [1.29, 1.82) is 0 Å². The van der Waals surface area contributed by atoms with Crippen molar-refractivity contribution in [2.75, 3.05) is 13.2 Å². The highest BCUT2D eigenvalue weighted by atomic mass is 32.2. The topological polar surface area (TPSA) is 89.5 Å². The molecule has 7 heteroatoms. The molecule has 0 amide bonds. The molecule has 0 aromatic heterocycles. The minimum absolute atomic E-state index is 0.0755. The number of ether oxygens (including phenoxy) is 1. The summed E-state index contributed by atoms with van der Waals surface area (Å²) in [5.74, 6) is -0.112. The summed E-state index contributed by atoms with van der Waals surface area (Å²) in [6, 6.07) is 18.2. The predicted octanol–water partition coefficient (Wildman–Crippen LogP) is 3.38. The summed E-state index contributed by atoms with van der Waals surface area (Å²) in [7, 11) is -4.02. The van der Waals surface area contributed by atoms with E-state index in [0.29, 0.717) is 18.8 Å². The second kappa shape index (κ2) is 8.45. The summed E-state index contributed by atoms with van der Waals surface area (Å²) >= 11 is 0. The van der Waals surface area contributed by atoms with E-state index in [1.165, 1.54) is 18.2 Å². The molecule has 1 N–H and O–H groups in total. The average molecular weight is 436 g/mol. The van der Waals surface area contributed by atoms with Crippen LogP contribution in [0.5, 0.6) is 5.75 Å². The summed E-state index contributed by atoms with van der Waals surface area (Å²) < 4.78 is 34.3. The van der Waals surface area contributed by atoms with Crippen molar-refractivity contribution in [2.24, 2.45) is 0 Å². The van der Waals surface area contributed by atoms with Crippen LogP contribution in [0.4, 0.5) is 0 Å². The summed E-state index contributed by atoms with van der Waals surface area (Å²) in [5.41, 5.74) is 1.41. The van der Waals surface area contributed by atoms with Gasteiger partial charge in [0, 0.05) is 23.2 Å². The fourth-order valence-corrected chi connectivity index (χ4v) is 5.00. The molecule has 0 radical (unpaired) electrons. The number of fused-ring (bicyclic) bond motifs is 2. The Morgan fingerprint density at radius 3 is 2.19 bits per heavy atom. The number of ketones is 2. The number of nitrogens with one attached hydrogen (secondary N) is 1. The van der Waals surface area contributed by atoms with Crippen molar-refractivity contribution >= 4 is 21.6 Å². The van der Waals surface area contributed by atoms with Gasteiger partial charge in [-0.25, -0.2) is 13.1 Å². The van der Waals surface area contributed by atoms with Crippen LogP contribution in [0.3, 0.4) is 0 Å². The number of rotatable bonds is 7. The maximum absolute atomic E-state index is 13.1. The van der Waals surface area contributed by atoms with Gasteiger partial charge in [-0.3, -0.25) is 9.59 Å². The Kier molecular flexibility index (Phi) is 5.71. The van der Waals surface area contributed by atoms with E-state index in [0.717, 1.165) is 5.56 Å². The molecule has 0 spiro atoms. The summed E-state index contributed by atoms with van der Waals surface area (Å²) in [5, 5.41) is 0. The fraction of sp³-hybridized carbons (Fsp3) is 0.167. The number of hydrogen-bond acceptors (Lipinski definition) is 5. The Bertz CT molecular complexity index is 1280. The number of benzene rings is 3. The number of para-hydroxylation sites is 1. The molecular formula is C24H21NO5S. The van der Waals surface area contributed by atoms with Crippen LogP contribution in [0.2, 0.25) is 0 Å². The van der Waals surface area contributed by atoms with Crippen molar-refractivity contribution < 1.29 is 22.7 Å². The molecule has 31 heavy (non-hydrogen) atoms. The third-order valence-corrected chi connectivity index (χ3v) is 6.67. The van der Waals surface area contributed by atoms with Crippen LogP contribution in [0, 0.1) is 0 Å². The molecule has 0 saturated carbocycles.